The molecule has 0 radical (unpaired) electrons. The van der Waals surface area contributed by atoms with Crippen LogP contribution in [-0.4, -0.2) is 22.9 Å². The normalized spacial score (nSPS) is 10.1. The quantitative estimate of drug-likeness (QED) is 0.525. The lowest BCUT2D eigenvalue weighted by atomic mass is 10.0. The van der Waals surface area contributed by atoms with Gasteiger partial charge in [-0.25, -0.2) is 0 Å². The van der Waals surface area contributed by atoms with E-state index in [4.69, 9.17) is 4.74 Å². The number of nitro benzene ring substituents is 1. The number of nitrogens with zero attached hydrogens (tertiary/aromatic N) is 1. The molecule has 0 heterocycles. The lowest BCUT2D eigenvalue weighted by molar-refractivity contribution is -0.384. The third-order valence-electron chi connectivity index (χ3n) is 2.77. The molecule has 0 spiro atoms. The van der Waals surface area contributed by atoms with E-state index in [9.17, 15) is 20.0 Å². The summed E-state index contributed by atoms with van der Waals surface area (Å²) < 4.78 is 4.93. The van der Waals surface area contributed by atoms with E-state index >= 15 is 0 Å². The first-order chi connectivity index (χ1) is 9.52. The number of nitro groups is 1. The zero-order chi connectivity index (χ0) is 14.7. The molecule has 0 saturated heterocycles. The molecular weight excluding hydrogens is 262 g/mol. The van der Waals surface area contributed by atoms with Crippen molar-refractivity contribution in [3.63, 3.8) is 0 Å². The van der Waals surface area contributed by atoms with Gasteiger partial charge in [0, 0.05) is 23.8 Å². The third-order valence-corrected chi connectivity index (χ3v) is 2.77. The molecule has 0 unspecified atom stereocenters. The highest BCUT2D eigenvalue weighted by atomic mass is 16.6. The van der Waals surface area contributed by atoms with Gasteiger partial charge in [0.25, 0.3) is 5.69 Å². The number of phenolic OH excluding ortho intramolecular Hbond substituents is 1. The summed E-state index contributed by atoms with van der Waals surface area (Å²) in [6.45, 7) is 0. The Labute approximate surface area is 114 Å². The zero-order valence-electron chi connectivity index (χ0n) is 10.6. The number of ether oxygens (including phenoxy) is 1. The van der Waals surface area contributed by atoms with E-state index in [-0.39, 0.29) is 22.6 Å². The summed E-state index contributed by atoms with van der Waals surface area (Å²) in [5, 5.41) is 20.5. The van der Waals surface area contributed by atoms with Gasteiger partial charge < -0.3 is 9.84 Å². The van der Waals surface area contributed by atoms with Crippen LogP contribution in [0.2, 0.25) is 0 Å². The van der Waals surface area contributed by atoms with Crippen LogP contribution in [0, 0.1) is 10.1 Å². The minimum Gasteiger partial charge on any atom is -0.507 e. The highest BCUT2D eigenvalue weighted by molar-refractivity contribution is 6.11. The second-order valence-corrected chi connectivity index (χ2v) is 4.02. The summed E-state index contributed by atoms with van der Waals surface area (Å²) >= 11 is 0. The van der Waals surface area contributed by atoms with Crippen molar-refractivity contribution in [2.24, 2.45) is 0 Å². The molecule has 102 valence electrons. The molecule has 0 bridgehead atoms. The number of carbonyl (C=O) groups excluding carboxylic acids is 1. The average Bonchev–Trinajstić information content (AvgIpc) is 2.46. The van der Waals surface area contributed by atoms with Crippen LogP contribution in [0.1, 0.15) is 15.9 Å². The molecule has 0 amide bonds. The van der Waals surface area contributed by atoms with E-state index in [1.165, 1.54) is 49.6 Å². The van der Waals surface area contributed by atoms with Crippen molar-refractivity contribution in [1.82, 2.24) is 0 Å². The van der Waals surface area contributed by atoms with Crippen LogP contribution < -0.4 is 4.74 Å². The van der Waals surface area contributed by atoms with Gasteiger partial charge in [-0.3, -0.25) is 14.9 Å². The Bertz CT molecular complexity index is 681. The van der Waals surface area contributed by atoms with Crippen LogP contribution in [0.3, 0.4) is 0 Å². The number of benzene rings is 2. The molecule has 6 heteroatoms. The van der Waals surface area contributed by atoms with Crippen molar-refractivity contribution >= 4 is 11.5 Å². The second kappa shape index (κ2) is 5.40. The van der Waals surface area contributed by atoms with Gasteiger partial charge in [-0.15, -0.1) is 0 Å². The maximum atomic E-state index is 12.2. The van der Waals surface area contributed by atoms with Gasteiger partial charge in [0.15, 0.2) is 5.78 Å². The van der Waals surface area contributed by atoms with E-state index in [1.54, 1.807) is 0 Å². The van der Waals surface area contributed by atoms with Crippen molar-refractivity contribution in [2.75, 3.05) is 7.11 Å². The van der Waals surface area contributed by atoms with Crippen LogP contribution in [0.15, 0.2) is 42.5 Å². The van der Waals surface area contributed by atoms with Crippen LogP contribution >= 0.6 is 0 Å². The molecule has 2 aromatic carbocycles. The maximum absolute atomic E-state index is 12.2. The summed E-state index contributed by atoms with van der Waals surface area (Å²) in [5.41, 5.74) is 0.0230. The van der Waals surface area contributed by atoms with Crippen molar-refractivity contribution in [3.05, 3.63) is 63.7 Å². The Balaban J connectivity index is 2.41. The Kier molecular flexibility index (Phi) is 3.65. The number of ketones is 1. The Morgan fingerprint density at radius 1 is 1.25 bits per heavy atom. The van der Waals surface area contributed by atoms with Crippen LogP contribution in [-0.2, 0) is 0 Å². The SMILES string of the molecule is COc1ccc(C(=O)c2cccc([N+](=O)[O-])c2)c(O)c1. The second-order valence-electron chi connectivity index (χ2n) is 4.02. The van der Waals surface area contributed by atoms with E-state index in [2.05, 4.69) is 0 Å². The van der Waals surface area contributed by atoms with Crippen molar-refractivity contribution in [3.8, 4) is 11.5 Å². The number of methoxy groups -OCH3 is 1. The van der Waals surface area contributed by atoms with Crippen molar-refractivity contribution < 1.29 is 19.6 Å². The first-order valence-corrected chi connectivity index (χ1v) is 5.69. The first kappa shape index (κ1) is 13.5. The van der Waals surface area contributed by atoms with E-state index in [0.717, 1.165) is 0 Å². The fraction of sp³-hybridized carbons (Fsp3) is 0.0714. The molecule has 0 saturated carbocycles. The molecule has 2 rings (SSSR count). The molecule has 20 heavy (non-hydrogen) atoms. The van der Waals surface area contributed by atoms with Gasteiger partial charge in [0.05, 0.1) is 17.6 Å². The largest absolute Gasteiger partial charge is 0.507 e. The number of aromatic hydroxyl groups is 1. The monoisotopic (exact) mass is 273 g/mol. The number of hydrogen-bond donors (Lipinski definition) is 1. The van der Waals surface area contributed by atoms with Crippen LogP contribution in [0.4, 0.5) is 5.69 Å². The fourth-order valence-electron chi connectivity index (χ4n) is 1.75. The molecule has 0 aliphatic heterocycles. The summed E-state index contributed by atoms with van der Waals surface area (Å²) in [7, 11) is 1.44. The van der Waals surface area contributed by atoms with Gasteiger partial charge in [0.2, 0.25) is 0 Å². The van der Waals surface area contributed by atoms with Crippen LogP contribution in [0.25, 0.3) is 0 Å². The standard InChI is InChI=1S/C14H11NO5/c1-20-11-5-6-12(13(16)8-11)14(17)9-3-2-4-10(7-9)15(18)19/h2-8,16H,1H3. The molecule has 0 atom stereocenters. The Morgan fingerprint density at radius 2 is 2.00 bits per heavy atom. The summed E-state index contributed by atoms with van der Waals surface area (Å²) in [5.74, 6) is -0.312. The summed E-state index contributed by atoms with van der Waals surface area (Å²) in [4.78, 5) is 22.3. The Morgan fingerprint density at radius 3 is 2.60 bits per heavy atom. The predicted octanol–water partition coefficient (Wildman–Crippen LogP) is 2.54. The number of rotatable bonds is 4. The smallest absolute Gasteiger partial charge is 0.270 e. The molecule has 6 nitrogen and oxygen atoms in total. The molecule has 0 aromatic heterocycles. The minimum atomic E-state index is -0.579. The van der Waals surface area contributed by atoms with E-state index in [0.29, 0.717) is 5.75 Å². The Hall–Kier alpha value is -2.89. The number of phenols is 1. The molecule has 0 fully saturated rings. The van der Waals surface area contributed by atoms with Crippen molar-refractivity contribution in [1.29, 1.82) is 0 Å². The third kappa shape index (κ3) is 2.59. The van der Waals surface area contributed by atoms with E-state index < -0.39 is 10.7 Å². The number of hydrogen-bond acceptors (Lipinski definition) is 5. The minimum absolute atomic E-state index is 0.0614. The number of carbonyl (C=O) groups is 1. The van der Waals surface area contributed by atoms with Gasteiger partial charge in [-0.05, 0) is 12.1 Å². The van der Waals surface area contributed by atoms with Gasteiger partial charge in [-0.1, -0.05) is 12.1 Å². The highest BCUT2D eigenvalue weighted by Gasteiger charge is 2.16. The highest BCUT2D eigenvalue weighted by Crippen LogP contribution is 2.26. The van der Waals surface area contributed by atoms with Crippen LogP contribution in [0.5, 0.6) is 11.5 Å². The summed E-state index contributed by atoms with van der Waals surface area (Å²) in [6.07, 6.45) is 0. The number of non-ortho nitro benzene ring substituents is 1. The van der Waals surface area contributed by atoms with Crippen molar-refractivity contribution in [2.45, 2.75) is 0 Å². The molecule has 0 aliphatic rings. The topological polar surface area (TPSA) is 89.7 Å². The first-order valence-electron chi connectivity index (χ1n) is 5.69. The van der Waals surface area contributed by atoms with Gasteiger partial charge in [-0.2, -0.15) is 0 Å². The summed E-state index contributed by atoms with van der Waals surface area (Å²) in [6, 6.07) is 9.60. The zero-order valence-corrected chi connectivity index (χ0v) is 10.6. The van der Waals surface area contributed by atoms with E-state index in [1.807, 2.05) is 0 Å². The lowest BCUT2D eigenvalue weighted by Crippen LogP contribution is -2.02. The fourth-order valence-corrected chi connectivity index (χ4v) is 1.75. The van der Waals surface area contributed by atoms with Gasteiger partial charge >= 0.3 is 0 Å². The average molecular weight is 273 g/mol. The predicted molar refractivity (Wildman–Crippen MR) is 71.2 cm³/mol. The molecule has 1 N–H and O–H groups in total. The maximum Gasteiger partial charge on any atom is 0.270 e. The molecule has 0 aliphatic carbocycles. The molecule has 2 aromatic rings. The van der Waals surface area contributed by atoms with Gasteiger partial charge in [0.1, 0.15) is 11.5 Å². The molecular formula is C14H11NO5. The lowest BCUT2D eigenvalue weighted by Gasteiger charge is -2.06.